The van der Waals surface area contributed by atoms with Gasteiger partial charge < -0.3 is 15.5 Å². The molecule has 0 spiro atoms. The van der Waals surface area contributed by atoms with Gasteiger partial charge in [0.2, 0.25) is 5.96 Å². The fourth-order valence-electron chi connectivity index (χ4n) is 1.97. The van der Waals surface area contributed by atoms with Gasteiger partial charge in [-0.15, -0.1) is 0 Å². The van der Waals surface area contributed by atoms with Crippen LogP contribution in [0.4, 0.5) is 0 Å². The smallest absolute Gasteiger partial charge is 0.218 e. The Morgan fingerprint density at radius 2 is 2.50 bits per heavy atom. The Morgan fingerprint density at radius 3 is 3.07 bits per heavy atom. The number of guanidine groups is 1. The lowest BCUT2D eigenvalue weighted by molar-refractivity contribution is 0.256. The van der Waals surface area contributed by atoms with E-state index in [-0.39, 0.29) is 0 Å². The topological polar surface area (TPSA) is 57.2 Å². The summed E-state index contributed by atoms with van der Waals surface area (Å²) in [5.41, 5.74) is 5.45. The summed E-state index contributed by atoms with van der Waals surface area (Å²) in [6.07, 6.45) is 4.38. The molecule has 0 amide bonds. The molecule has 1 saturated heterocycles. The van der Waals surface area contributed by atoms with Crippen molar-refractivity contribution in [2.45, 2.75) is 18.9 Å². The predicted octanol–water partition coefficient (Wildman–Crippen LogP) is -0.303. The normalized spacial score (nSPS) is 28.2. The van der Waals surface area contributed by atoms with Gasteiger partial charge in [0.15, 0.2) is 0 Å². The van der Waals surface area contributed by atoms with Gasteiger partial charge in [0.05, 0.1) is 6.34 Å². The number of likely N-dealkylation sites (N-methyl/N-ethyl adjacent to an activating group) is 1. The van der Waals surface area contributed by atoms with Crippen molar-refractivity contribution in [1.82, 2.24) is 9.80 Å². The third-order valence-electron chi connectivity index (χ3n) is 2.88. The van der Waals surface area contributed by atoms with Crippen molar-refractivity contribution in [2.24, 2.45) is 15.7 Å². The fourth-order valence-corrected chi connectivity index (χ4v) is 1.97. The van der Waals surface area contributed by atoms with Gasteiger partial charge in [-0.05, 0) is 26.4 Å². The predicted molar refractivity (Wildman–Crippen MR) is 57.3 cm³/mol. The molecule has 0 bridgehead atoms. The second kappa shape index (κ2) is 3.96. The zero-order valence-electron chi connectivity index (χ0n) is 8.56. The van der Waals surface area contributed by atoms with Crippen molar-refractivity contribution in [2.75, 3.05) is 26.8 Å². The molecule has 0 radical (unpaired) electrons. The summed E-state index contributed by atoms with van der Waals surface area (Å²) in [6, 6.07) is 0.649. The number of hydrogen-bond donors (Lipinski definition) is 1. The van der Waals surface area contributed by atoms with E-state index in [0.717, 1.165) is 6.54 Å². The molecule has 0 aromatic rings. The van der Waals surface area contributed by atoms with Crippen LogP contribution in [0.2, 0.25) is 0 Å². The van der Waals surface area contributed by atoms with Gasteiger partial charge in [-0.1, -0.05) is 0 Å². The molecule has 5 heteroatoms. The maximum Gasteiger partial charge on any atom is 0.218 e. The van der Waals surface area contributed by atoms with E-state index in [9.17, 15) is 0 Å². The molecule has 1 atom stereocenters. The summed E-state index contributed by atoms with van der Waals surface area (Å²) in [6.45, 7) is 2.87. The lowest BCUT2D eigenvalue weighted by Crippen LogP contribution is -2.40. The Labute approximate surface area is 84.3 Å². The molecule has 2 rings (SSSR count). The van der Waals surface area contributed by atoms with Crippen molar-refractivity contribution < 1.29 is 0 Å². The second-order valence-electron chi connectivity index (χ2n) is 3.95. The van der Waals surface area contributed by atoms with Crippen molar-refractivity contribution in [3.8, 4) is 0 Å². The van der Waals surface area contributed by atoms with Crippen LogP contribution < -0.4 is 5.73 Å². The molecule has 1 unspecified atom stereocenters. The Balaban J connectivity index is 1.84. The van der Waals surface area contributed by atoms with E-state index in [1.165, 1.54) is 19.4 Å². The third kappa shape index (κ3) is 2.04. The van der Waals surface area contributed by atoms with Crippen LogP contribution in [0.5, 0.6) is 0 Å². The van der Waals surface area contributed by atoms with Gasteiger partial charge in [0.1, 0.15) is 6.67 Å². The summed E-state index contributed by atoms with van der Waals surface area (Å²) in [5, 5.41) is 0. The number of nitrogens with zero attached hydrogens (tertiary/aromatic N) is 4. The summed E-state index contributed by atoms with van der Waals surface area (Å²) in [4.78, 5) is 12.6. The van der Waals surface area contributed by atoms with Crippen LogP contribution in [-0.2, 0) is 0 Å². The standard InChI is InChI=1S/C9H17N5/c1-13-4-2-3-8(13)5-14-6-11-9(10)12-7-14/h6,8H,2-5,7H2,1H3,(H2,10,12). The van der Waals surface area contributed by atoms with Crippen molar-refractivity contribution in [3.05, 3.63) is 0 Å². The third-order valence-corrected chi connectivity index (χ3v) is 2.88. The lowest BCUT2D eigenvalue weighted by atomic mass is 10.2. The maximum absolute atomic E-state index is 5.45. The van der Waals surface area contributed by atoms with Crippen molar-refractivity contribution in [3.63, 3.8) is 0 Å². The molecule has 0 saturated carbocycles. The number of rotatable bonds is 2. The van der Waals surface area contributed by atoms with Gasteiger partial charge in [0, 0.05) is 12.6 Å². The molecule has 2 N–H and O–H groups in total. The maximum atomic E-state index is 5.45. The van der Waals surface area contributed by atoms with Gasteiger partial charge in [0.25, 0.3) is 0 Å². The van der Waals surface area contributed by atoms with E-state index in [2.05, 4.69) is 26.8 Å². The van der Waals surface area contributed by atoms with Crippen LogP contribution in [0.15, 0.2) is 9.98 Å². The average molecular weight is 195 g/mol. The minimum absolute atomic E-state index is 0.390. The van der Waals surface area contributed by atoms with E-state index in [4.69, 9.17) is 5.73 Å². The van der Waals surface area contributed by atoms with Gasteiger partial charge in [-0.2, -0.15) is 0 Å². The molecule has 0 aromatic heterocycles. The summed E-state index contributed by atoms with van der Waals surface area (Å²) < 4.78 is 0. The van der Waals surface area contributed by atoms with E-state index in [1.54, 1.807) is 6.34 Å². The molecule has 2 heterocycles. The molecule has 1 fully saturated rings. The lowest BCUT2D eigenvalue weighted by Gasteiger charge is -2.27. The average Bonchev–Trinajstić information content (AvgIpc) is 2.56. The summed E-state index contributed by atoms with van der Waals surface area (Å²) in [7, 11) is 2.18. The van der Waals surface area contributed by atoms with Crippen molar-refractivity contribution >= 4 is 12.3 Å². The number of hydrogen-bond acceptors (Lipinski definition) is 5. The Morgan fingerprint density at radius 1 is 1.64 bits per heavy atom. The summed E-state index contributed by atoms with van der Waals surface area (Å²) in [5.74, 6) is 0.390. The SMILES string of the molecule is CN1CCCC1CN1C=NC(N)=NC1. The molecular formula is C9H17N5. The van der Waals surface area contributed by atoms with Crippen LogP contribution in [0.25, 0.3) is 0 Å². The Hall–Kier alpha value is -1.10. The quantitative estimate of drug-likeness (QED) is 0.658. The van der Waals surface area contributed by atoms with Crippen LogP contribution in [0, 0.1) is 0 Å². The first-order valence-corrected chi connectivity index (χ1v) is 5.04. The van der Waals surface area contributed by atoms with E-state index in [1.807, 2.05) is 0 Å². The zero-order chi connectivity index (χ0) is 9.97. The minimum Gasteiger partial charge on any atom is -0.368 e. The highest BCUT2D eigenvalue weighted by Gasteiger charge is 2.22. The Bertz CT molecular complexity index is 260. The van der Waals surface area contributed by atoms with Crippen LogP contribution in [-0.4, -0.2) is 54.9 Å². The second-order valence-corrected chi connectivity index (χ2v) is 3.95. The van der Waals surface area contributed by atoms with Crippen LogP contribution in [0.3, 0.4) is 0 Å². The fraction of sp³-hybridized carbons (Fsp3) is 0.778. The molecule has 78 valence electrons. The molecular weight excluding hydrogens is 178 g/mol. The molecule has 14 heavy (non-hydrogen) atoms. The van der Waals surface area contributed by atoms with Gasteiger partial charge in [-0.3, -0.25) is 0 Å². The largest absolute Gasteiger partial charge is 0.368 e. The molecule has 2 aliphatic heterocycles. The van der Waals surface area contributed by atoms with Crippen molar-refractivity contribution in [1.29, 1.82) is 0 Å². The highest BCUT2D eigenvalue weighted by Crippen LogP contribution is 2.15. The van der Waals surface area contributed by atoms with E-state index in [0.29, 0.717) is 18.7 Å². The minimum atomic E-state index is 0.390. The van der Waals surface area contributed by atoms with Crippen LogP contribution in [0.1, 0.15) is 12.8 Å². The molecule has 0 aliphatic carbocycles. The van der Waals surface area contributed by atoms with E-state index >= 15 is 0 Å². The molecule has 0 aromatic carbocycles. The highest BCUT2D eigenvalue weighted by molar-refractivity contribution is 5.87. The van der Waals surface area contributed by atoms with Gasteiger partial charge >= 0.3 is 0 Å². The first-order valence-electron chi connectivity index (χ1n) is 5.04. The first-order chi connectivity index (χ1) is 6.75. The Kier molecular flexibility index (Phi) is 2.67. The monoisotopic (exact) mass is 195 g/mol. The molecule has 5 nitrogen and oxygen atoms in total. The number of likely N-dealkylation sites (tertiary alicyclic amines) is 1. The van der Waals surface area contributed by atoms with Gasteiger partial charge in [-0.25, -0.2) is 9.98 Å². The van der Waals surface area contributed by atoms with Crippen LogP contribution >= 0.6 is 0 Å². The molecule has 2 aliphatic rings. The zero-order valence-corrected chi connectivity index (χ0v) is 8.56. The van der Waals surface area contributed by atoms with E-state index < -0.39 is 0 Å². The highest BCUT2D eigenvalue weighted by atomic mass is 15.3. The number of aliphatic imine (C=N–C) groups is 2. The first kappa shape index (κ1) is 9.45. The number of nitrogens with two attached hydrogens (primary N) is 1. The summed E-state index contributed by atoms with van der Waals surface area (Å²) >= 11 is 0.